The minimum Gasteiger partial charge on any atom is -0.397 e. The summed E-state index contributed by atoms with van der Waals surface area (Å²) < 4.78 is 0. The Hall–Kier alpha value is -1.49. The van der Waals surface area contributed by atoms with Crippen LogP contribution in [0.2, 0.25) is 5.02 Å². The van der Waals surface area contributed by atoms with E-state index in [-0.39, 0.29) is 5.91 Å². The fourth-order valence-corrected chi connectivity index (χ4v) is 2.21. The second-order valence-corrected chi connectivity index (χ2v) is 4.47. The highest BCUT2D eigenvalue weighted by Crippen LogP contribution is 2.25. The predicted octanol–water partition coefficient (Wildman–Crippen LogP) is 0.986. The highest BCUT2D eigenvalue weighted by molar-refractivity contribution is 6.33. The Morgan fingerprint density at radius 1 is 1.41 bits per heavy atom. The first-order valence-electron chi connectivity index (χ1n) is 5.49. The van der Waals surface area contributed by atoms with Gasteiger partial charge in [-0.3, -0.25) is 4.79 Å². The minimum atomic E-state index is 0.112. The number of carbonyl (C=O) groups excluding carboxylic acids is 1. The largest absolute Gasteiger partial charge is 0.397 e. The Morgan fingerprint density at radius 3 is 2.59 bits per heavy atom. The number of nitrogens with zero attached hydrogens (tertiary/aromatic N) is 3. The third-order valence-electron chi connectivity index (χ3n) is 2.87. The quantitative estimate of drug-likeness (QED) is 0.812. The van der Waals surface area contributed by atoms with Crippen LogP contribution in [-0.2, 0) is 4.79 Å². The van der Waals surface area contributed by atoms with Gasteiger partial charge in [-0.25, -0.2) is 4.98 Å². The molecule has 0 atom stereocenters. The number of nitrogens with two attached hydrogens (primary N) is 1. The Morgan fingerprint density at radius 2 is 2.06 bits per heavy atom. The molecule has 1 aromatic heterocycles. The lowest BCUT2D eigenvalue weighted by Gasteiger charge is -2.35. The van der Waals surface area contributed by atoms with Crippen LogP contribution in [-0.4, -0.2) is 42.0 Å². The molecule has 1 saturated heterocycles. The maximum Gasteiger partial charge on any atom is 0.219 e. The molecule has 6 heteroatoms. The van der Waals surface area contributed by atoms with Crippen molar-refractivity contribution in [2.24, 2.45) is 0 Å². The number of pyridine rings is 1. The zero-order chi connectivity index (χ0) is 12.4. The van der Waals surface area contributed by atoms with E-state index >= 15 is 0 Å². The van der Waals surface area contributed by atoms with Crippen molar-refractivity contribution in [2.75, 3.05) is 36.8 Å². The highest BCUT2D eigenvalue weighted by atomic mass is 35.5. The second kappa shape index (κ2) is 4.79. The lowest BCUT2D eigenvalue weighted by atomic mass is 10.3. The first kappa shape index (κ1) is 12.0. The van der Waals surface area contributed by atoms with E-state index in [0.717, 1.165) is 18.9 Å². The molecule has 0 unspecified atom stereocenters. The van der Waals surface area contributed by atoms with Gasteiger partial charge in [-0.2, -0.15) is 0 Å². The zero-order valence-electron chi connectivity index (χ0n) is 9.69. The smallest absolute Gasteiger partial charge is 0.219 e. The van der Waals surface area contributed by atoms with Crippen LogP contribution in [0.3, 0.4) is 0 Å². The topological polar surface area (TPSA) is 62.5 Å². The van der Waals surface area contributed by atoms with Crippen LogP contribution in [0.5, 0.6) is 0 Å². The molecule has 1 aliphatic heterocycles. The SMILES string of the molecule is CC(=O)N1CCN(c2ncc(N)cc2Cl)CC1. The van der Waals surface area contributed by atoms with Crippen molar-refractivity contribution in [1.29, 1.82) is 0 Å². The lowest BCUT2D eigenvalue weighted by molar-refractivity contribution is -0.129. The fraction of sp³-hybridized carbons (Fsp3) is 0.455. The van der Waals surface area contributed by atoms with Gasteiger partial charge in [0.05, 0.1) is 16.9 Å². The molecule has 1 fully saturated rings. The summed E-state index contributed by atoms with van der Waals surface area (Å²) in [7, 11) is 0. The minimum absolute atomic E-state index is 0.112. The molecule has 2 heterocycles. The van der Waals surface area contributed by atoms with Crippen LogP contribution < -0.4 is 10.6 Å². The first-order chi connectivity index (χ1) is 8.08. The monoisotopic (exact) mass is 254 g/mol. The van der Waals surface area contributed by atoms with Crippen LogP contribution >= 0.6 is 11.6 Å². The normalized spacial score (nSPS) is 16.1. The van der Waals surface area contributed by atoms with Gasteiger partial charge in [-0.05, 0) is 6.07 Å². The summed E-state index contributed by atoms with van der Waals surface area (Å²) in [6.07, 6.45) is 1.60. The Kier molecular flexibility index (Phi) is 3.38. The molecule has 0 bridgehead atoms. The molecule has 1 amide bonds. The van der Waals surface area contributed by atoms with Crippen molar-refractivity contribution in [1.82, 2.24) is 9.88 Å². The Labute approximate surface area is 105 Å². The molecule has 0 saturated carbocycles. The number of aromatic nitrogens is 1. The Bertz CT molecular complexity index is 429. The molecule has 2 rings (SSSR count). The van der Waals surface area contributed by atoms with Crippen LogP contribution in [0.25, 0.3) is 0 Å². The van der Waals surface area contributed by atoms with Gasteiger partial charge in [0, 0.05) is 33.1 Å². The predicted molar refractivity (Wildman–Crippen MR) is 68.1 cm³/mol. The van der Waals surface area contributed by atoms with Crippen molar-refractivity contribution in [3.63, 3.8) is 0 Å². The van der Waals surface area contributed by atoms with Crippen LogP contribution in [0.15, 0.2) is 12.3 Å². The molecule has 17 heavy (non-hydrogen) atoms. The van der Waals surface area contributed by atoms with Crippen molar-refractivity contribution < 1.29 is 4.79 Å². The molecule has 92 valence electrons. The summed E-state index contributed by atoms with van der Waals surface area (Å²) in [4.78, 5) is 19.3. The summed E-state index contributed by atoms with van der Waals surface area (Å²) in [5.41, 5.74) is 6.16. The number of carbonyl (C=O) groups is 1. The van der Waals surface area contributed by atoms with Crippen LogP contribution in [0.4, 0.5) is 11.5 Å². The van der Waals surface area contributed by atoms with Gasteiger partial charge < -0.3 is 15.5 Å². The van der Waals surface area contributed by atoms with Gasteiger partial charge in [-0.15, -0.1) is 0 Å². The number of hydrogen-bond acceptors (Lipinski definition) is 4. The number of piperazine rings is 1. The Balaban J connectivity index is 2.08. The van der Waals surface area contributed by atoms with E-state index in [1.807, 2.05) is 4.90 Å². The van der Waals surface area contributed by atoms with E-state index in [1.165, 1.54) is 0 Å². The summed E-state index contributed by atoms with van der Waals surface area (Å²) in [6.45, 7) is 4.49. The standard InChI is InChI=1S/C11H15ClN4O/c1-8(17)15-2-4-16(5-3-15)11-10(12)6-9(13)7-14-11/h6-7H,2-5,13H2,1H3. The van der Waals surface area contributed by atoms with E-state index in [2.05, 4.69) is 9.88 Å². The first-order valence-corrected chi connectivity index (χ1v) is 5.87. The molecular weight excluding hydrogens is 240 g/mol. The van der Waals surface area contributed by atoms with E-state index < -0.39 is 0 Å². The molecule has 0 radical (unpaired) electrons. The van der Waals surface area contributed by atoms with Gasteiger partial charge in [-0.1, -0.05) is 11.6 Å². The van der Waals surface area contributed by atoms with Gasteiger partial charge in [0.25, 0.3) is 0 Å². The number of halogens is 1. The van der Waals surface area contributed by atoms with E-state index in [1.54, 1.807) is 19.2 Å². The van der Waals surface area contributed by atoms with E-state index in [9.17, 15) is 4.79 Å². The average molecular weight is 255 g/mol. The summed E-state index contributed by atoms with van der Waals surface area (Å²) in [6, 6.07) is 1.70. The molecule has 1 aliphatic rings. The van der Waals surface area contributed by atoms with E-state index in [4.69, 9.17) is 17.3 Å². The van der Waals surface area contributed by atoms with Gasteiger partial charge >= 0.3 is 0 Å². The number of anilines is 2. The molecular formula is C11H15ClN4O. The summed E-state index contributed by atoms with van der Waals surface area (Å²) in [5.74, 6) is 0.852. The van der Waals surface area contributed by atoms with E-state index in [0.29, 0.717) is 23.8 Å². The molecule has 1 aromatic rings. The van der Waals surface area contributed by atoms with Crippen molar-refractivity contribution in [3.05, 3.63) is 17.3 Å². The third kappa shape index (κ3) is 2.61. The summed E-state index contributed by atoms with van der Waals surface area (Å²) in [5, 5.41) is 0.557. The van der Waals surface area contributed by atoms with Crippen LogP contribution in [0, 0.1) is 0 Å². The lowest BCUT2D eigenvalue weighted by Crippen LogP contribution is -2.48. The second-order valence-electron chi connectivity index (χ2n) is 4.07. The molecule has 0 spiro atoms. The maximum absolute atomic E-state index is 11.2. The zero-order valence-corrected chi connectivity index (χ0v) is 10.4. The third-order valence-corrected chi connectivity index (χ3v) is 3.15. The fourth-order valence-electron chi connectivity index (χ4n) is 1.91. The van der Waals surface area contributed by atoms with Crippen molar-refractivity contribution in [3.8, 4) is 0 Å². The van der Waals surface area contributed by atoms with Crippen LogP contribution in [0.1, 0.15) is 6.92 Å². The maximum atomic E-state index is 11.2. The summed E-state index contributed by atoms with van der Waals surface area (Å²) >= 11 is 6.10. The van der Waals surface area contributed by atoms with Crippen molar-refractivity contribution >= 4 is 29.0 Å². The number of nitrogen functional groups attached to an aromatic ring is 1. The number of rotatable bonds is 1. The van der Waals surface area contributed by atoms with Gasteiger partial charge in [0.1, 0.15) is 5.82 Å². The highest BCUT2D eigenvalue weighted by Gasteiger charge is 2.21. The van der Waals surface area contributed by atoms with Gasteiger partial charge in [0.2, 0.25) is 5.91 Å². The number of hydrogen-bond donors (Lipinski definition) is 1. The molecule has 2 N–H and O–H groups in total. The molecule has 0 aromatic carbocycles. The number of amides is 1. The molecule has 0 aliphatic carbocycles. The average Bonchev–Trinajstić information content (AvgIpc) is 2.29. The molecule has 5 nitrogen and oxygen atoms in total. The van der Waals surface area contributed by atoms with Crippen molar-refractivity contribution in [2.45, 2.75) is 6.92 Å². The van der Waals surface area contributed by atoms with Gasteiger partial charge in [0.15, 0.2) is 0 Å².